The third kappa shape index (κ3) is 4.93. The van der Waals surface area contributed by atoms with Gasteiger partial charge < -0.3 is 19.9 Å². The number of carbonyl (C=O) groups is 1. The van der Waals surface area contributed by atoms with Crippen molar-refractivity contribution in [1.29, 1.82) is 0 Å². The molecule has 2 N–H and O–H groups in total. The molecule has 3 rings (SSSR count). The molecule has 2 aromatic rings. The Morgan fingerprint density at radius 3 is 2.80 bits per heavy atom. The van der Waals surface area contributed by atoms with Crippen molar-refractivity contribution in [3.63, 3.8) is 0 Å². The van der Waals surface area contributed by atoms with Gasteiger partial charge in [-0.2, -0.15) is 4.98 Å². The molecule has 0 spiro atoms. The van der Waals surface area contributed by atoms with Gasteiger partial charge in [0.1, 0.15) is 5.75 Å². The van der Waals surface area contributed by atoms with E-state index in [0.29, 0.717) is 37.5 Å². The van der Waals surface area contributed by atoms with Crippen LogP contribution in [0.25, 0.3) is 11.4 Å². The molecule has 0 saturated carbocycles. The van der Waals surface area contributed by atoms with Gasteiger partial charge in [0.15, 0.2) is 0 Å². The highest BCUT2D eigenvalue weighted by atomic mass is 35.5. The predicted octanol–water partition coefficient (Wildman–Crippen LogP) is 2.05. The molecular weight excluding hydrogens is 344 g/mol. The van der Waals surface area contributed by atoms with E-state index in [1.54, 1.807) is 7.11 Å². The van der Waals surface area contributed by atoms with Gasteiger partial charge in [0.25, 0.3) is 0 Å². The van der Waals surface area contributed by atoms with E-state index in [4.69, 9.17) is 15.0 Å². The van der Waals surface area contributed by atoms with E-state index >= 15 is 0 Å². The van der Waals surface area contributed by atoms with Crippen molar-refractivity contribution in [3.05, 3.63) is 30.2 Å². The van der Waals surface area contributed by atoms with Crippen molar-refractivity contribution < 1.29 is 14.1 Å². The molecule has 1 aliphatic heterocycles. The number of likely N-dealkylation sites (tertiary alicyclic amines) is 1. The Hall–Kier alpha value is -2.12. The molecule has 1 aromatic heterocycles. The topological polar surface area (TPSA) is 94.5 Å². The fraction of sp³-hybridized carbons (Fsp3) is 0.471. The van der Waals surface area contributed by atoms with Crippen LogP contribution in [0, 0.1) is 0 Å². The van der Waals surface area contributed by atoms with E-state index in [-0.39, 0.29) is 24.4 Å². The number of amides is 1. The molecule has 8 heteroatoms. The largest absolute Gasteiger partial charge is 0.497 e. The van der Waals surface area contributed by atoms with Crippen molar-refractivity contribution in [2.45, 2.75) is 31.7 Å². The van der Waals surface area contributed by atoms with E-state index in [1.807, 2.05) is 29.2 Å². The maximum Gasteiger partial charge on any atom is 0.226 e. The molecule has 1 aliphatic rings. The average molecular weight is 367 g/mol. The summed E-state index contributed by atoms with van der Waals surface area (Å²) in [5.74, 6) is 2.02. The van der Waals surface area contributed by atoms with Crippen LogP contribution >= 0.6 is 12.4 Å². The lowest BCUT2D eigenvalue weighted by Crippen LogP contribution is -2.31. The minimum Gasteiger partial charge on any atom is -0.497 e. The van der Waals surface area contributed by atoms with E-state index in [9.17, 15) is 4.79 Å². The molecule has 1 amide bonds. The number of nitrogens with zero attached hydrogens (tertiary/aromatic N) is 3. The maximum atomic E-state index is 12.1. The summed E-state index contributed by atoms with van der Waals surface area (Å²) in [6.45, 7) is 1.43. The molecule has 0 unspecified atom stereocenters. The fourth-order valence-corrected chi connectivity index (χ4v) is 2.78. The van der Waals surface area contributed by atoms with Crippen molar-refractivity contribution >= 4 is 18.3 Å². The first-order valence-electron chi connectivity index (χ1n) is 8.16. The molecule has 25 heavy (non-hydrogen) atoms. The highest BCUT2D eigenvalue weighted by Gasteiger charge is 2.23. The summed E-state index contributed by atoms with van der Waals surface area (Å²) in [6.07, 6.45) is 2.65. The van der Waals surface area contributed by atoms with Gasteiger partial charge in [-0.15, -0.1) is 12.4 Å². The highest BCUT2D eigenvalue weighted by Crippen LogP contribution is 2.20. The first-order chi connectivity index (χ1) is 11.7. The van der Waals surface area contributed by atoms with E-state index in [0.717, 1.165) is 24.3 Å². The van der Waals surface area contributed by atoms with Crippen LogP contribution in [0.5, 0.6) is 5.75 Å². The SMILES string of the molecule is COc1ccc(-c2noc(CCCC(=O)N3CC[C@@H](N)C3)n2)cc1.Cl. The molecular formula is C17H23ClN4O3. The quantitative estimate of drug-likeness (QED) is 0.840. The Bertz CT molecular complexity index is 689. The number of carbonyl (C=O) groups excluding carboxylic acids is 1. The number of benzene rings is 1. The van der Waals surface area contributed by atoms with Gasteiger partial charge in [-0.1, -0.05) is 5.16 Å². The molecule has 0 aliphatic carbocycles. The van der Waals surface area contributed by atoms with Crippen LogP contribution in [0.4, 0.5) is 0 Å². The lowest BCUT2D eigenvalue weighted by molar-refractivity contribution is -0.130. The zero-order valence-corrected chi connectivity index (χ0v) is 15.0. The highest BCUT2D eigenvalue weighted by molar-refractivity contribution is 5.85. The van der Waals surface area contributed by atoms with Gasteiger partial charge in [-0.3, -0.25) is 4.79 Å². The summed E-state index contributed by atoms with van der Waals surface area (Å²) in [7, 11) is 1.62. The summed E-state index contributed by atoms with van der Waals surface area (Å²) in [5, 5.41) is 3.99. The second-order valence-electron chi connectivity index (χ2n) is 5.98. The van der Waals surface area contributed by atoms with Crippen molar-refractivity contribution in [1.82, 2.24) is 15.0 Å². The van der Waals surface area contributed by atoms with Crippen LogP contribution in [-0.2, 0) is 11.2 Å². The zero-order valence-electron chi connectivity index (χ0n) is 14.2. The monoisotopic (exact) mass is 366 g/mol. The Morgan fingerprint density at radius 1 is 1.40 bits per heavy atom. The van der Waals surface area contributed by atoms with Gasteiger partial charge >= 0.3 is 0 Å². The molecule has 0 radical (unpaired) electrons. The fourth-order valence-electron chi connectivity index (χ4n) is 2.78. The summed E-state index contributed by atoms with van der Waals surface area (Å²) >= 11 is 0. The summed E-state index contributed by atoms with van der Waals surface area (Å²) in [4.78, 5) is 18.3. The number of halogens is 1. The number of methoxy groups -OCH3 is 1. The third-order valence-corrected chi connectivity index (χ3v) is 4.17. The van der Waals surface area contributed by atoms with Gasteiger partial charge in [-0.05, 0) is 37.1 Å². The second-order valence-corrected chi connectivity index (χ2v) is 5.98. The third-order valence-electron chi connectivity index (χ3n) is 4.17. The number of aryl methyl sites for hydroxylation is 1. The lowest BCUT2D eigenvalue weighted by Gasteiger charge is -2.15. The van der Waals surface area contributed by atoms with E-state index < -0.39 is 0 Å². The molecule has 1 saturated heterocycles. The number of hydrogen-bond donors (Lipinski definition) is 1. The first kappa shape index (κ1) is 19.2. The molecule has 1 aromatic carbocycles. The van der Waals surface area contributed by atoms with E-state index in [1.165, 1.54) is 0 Å². The molecule has 2 heterocycles. The Morgan fingerprint density at radius 2 is 2.16 bits per heavy atom. The minimum absolute atomic E-state index is 0. The van der Waals surface area contributed by atoms with Crippen molar-refractivity contribution in [3.8, 4) is 17.1 Å². The van der Waals surface area contributed by atoms with Crippen LogP contribution < -0.4 is 10.5 Å². The zero-order chi connectivity index (χ0) is 16.9. The van der Waals surface area contributed by atoms with Gasteiger partial charge in [-0.25, -0.2) is 0 Å². The minimum atomic E-state index is 0. The van der Waals surface area contributed by atoms with Crippen LogP contribution in [0.1, 0.15) is 25.2 Å². The van der Waals surface area contributed by atoms with Crippen molar-refractivity contribution in [2.75, 3.05) is 20.2 Å². The second kappa shape index (κ2) is 8.82. The molecule has 1 atom stereocenters. The molecule has 136 valence electrons. The summed E-state index contributed by atoms with van der Waals surface area (Å²) in [5.41, 5.74) is 6.69. The van der Waals surface area contributed by atoms with Gasteiger partial charge in [0, 0.05) is 37.5 Å². The average Bonchev–Trinajstić information content (AvgIpc) is 3.24. The first-order valence-corrected chi connectivity index (χ1v) is 8.16. The smallest absolute Gasteiger partial charge is 0.226 e. The summed E-state index contributed by atoms with van der Waals surface area (Å²) in [6, 6.07) is 7.59. The summed E-state index contributed by atoms with van der Waals surface area (Å²) < 4.78 is 10.4. The molecule has 0 bridgehead atoms. The van der Waals surface area contributed by atoms with Crippen LogP contribution in [0.2, 0.25) is 0 Å². The van der Waals surface area contributed by atoms with Gasteiger partial charge in [0.2, 0.25) is 17.6 Å². The lowest BCUT2D eigenvalue weighted by atomic mass is 10.2. The van der Waals surface area contributed by atoms with Crippen molar-refractivity contribution in [2.24, 2.45) is 5.73 Å². The Labute approximate surface area is 152 Å². The van der Waals surface area contributed by atoms with E-state index in [2.05, 4.69) is 10.1 Å². The normalized spacial score (nSPS) is 16.6. The Balaban J connectivity index is 0.00000225. The van der Waals surface area contributed by atoms with Crippen LogP contribution in [-0.4, -0.2) is 47.2 Å². The predicted molar refractivity (Wildman–Crippen MR) is 95.6 cm³/mol. The molecule has 1 fully saturated rings. The number of ether oxygens (including phenoxy) is 1. The number of hydrogen-bond acceptors (Lipinski definition) is 6. The van der Waals surface area contributed by atoms with Gasteiger partial charge in [0.05, 0.1) is 7.11 Å². The number of nitrogens with two attached hydrogens (primary N) is 1. The number of rotatable bonds is 6. The van der Waals surface area contributed by atoms with Crippen LogP contribution in [0.15, 0.2) is 28.8 Å². The van der Waals surface area contributed by atoms with Crippen LogP contribution in [0.3, 0.4) is 0 Å². The maximum absolute atomic E-state index is 12.1. The Kier molecular flexibility index (Phi) is 6.78. The molecule has 7 nitrogen and oxygen atoms in total. The number of aromatic nitrogens is 2. The standard InChI is InChI=1S/C17H22N4O3.ClH/c1-23-14-7-5-12(6-8-14)17-19-15(24-20-17)3-2-4-16(22)21-10-9-13(18)11-21;/h5-8,13H,2-4,9-11,18H2,1H3;1H/t13-;/m1./s1.